The second-order valence-corrected chi connectivity index (χ2v) is 3.22. The first-order valence-corrected chi connectivity index (χ1v) is 3.98. The summed E-state index contributed by atoms with van der Waals surface area (Å²) >= 11 is 0. The summed E-state index contributed by atoms with van der Waals surface area (Å²) in [5.74, 6) is 0. The van der Waals surface area contributed by atoms with Crippen LogP contribution in [0.1, 0.15) is 19.0 Å². The van der Waals surface area contributed by atoms with Crippen LogP contribution < -0.4 is 5.32 Å². The lowest BCUT2D eigenvalue weighted by Crippen LogP contribution is -2.52. The molecular weight excluding hydrogens is 136 g/mol. The van der Waals surface area contributed by atoms with Gasteiger partial charge in [0.1, 0.15) is 0 Å². The number of hydrogen-bond donors (Lipinski definition) is 1. The molecule has 2 heteroatoms. The third-order valence-electron chi connectivity index (χ3n) is 2.37. The van der Waals surface area contributed by atoms with Gasteiger partial charge in [-0.05, 0) is 32.0 Å². The van der Waals surface area contributed by atoms with Crippen molar-refractivity contribution in [3.05, 3.63) is 30.1 Å². The Bertz CT molecular complexity index is 239. The molecule has 11 heavy (non-hydrogen) atoms. The van der Waals surface area contributed by atoms with Crippen LogP contribution in [0.25, 0.3) is 0 Å². The predicted octanol–water partition coefficient (Wildman–Crippen LogP) is 1.29. The second-order valence-electron chi connectivity index (χ2n) is 3.22. The molecule has 1 aromatic heterocycles. The highest BCUT2D eigenvalue weighted by Crippen LogP contribution is 2.28. The van der Waals surface area contributed by atoms with Gasteiger partial charge in [0, 0.05) is 6.20 Å². The SMILES string of the molecule is CC1(c2ccccn2)CCN1. The molecule has 2 heterocycles. The molecule has 0 aliphatic carbocycles. The fourth-order valence-corrected chi connectivity index (χ4v) is 1.41. The highest BCUT2D eigenvalue weighted by atomic mass is 15.1. The number of aromatic nitrogens is 1. The number of nitrogens with one attached hydrogen (secondary N) is 1. The van der Waals surface area contributed by atoms with Crippen molar-refractivity contribution in [2.45, 2.75) is 18.9 Å². The van der Waals surface area contributed by atoms with Crippen LogP contribution in [0.3, 0.4) is 0 Å². The van der Waals surface area contributed by atoms with Gasteiger partial charge < -0.3 is 5.32 Å². The fourth-order valence-electron chi connectivity index (χ4n) is 1.41. The third kappa shape index (κ3) is 1.03. The minimum Gasteiger partial charge on any atom is -0.306 e. The molecule has 0 radical (unpaired) electrons. The summed E-state index contributed by atoms with van der Waals surface area (Å²) in [6.45, 7) is 3.31. The van der Waals surface area contributed by atoms with Crippen molar-refractivity contribution in [2.75, 3.05) is 6.54 Å². The summed E-state index contributed by atoms with van der Waals surface area (Å²) in [6.07, 6.45) is 3.05. The Morgan fingerprint density at radius 1 is 1.55 bits per heavy atom. The largest absolute Gasteiger partial charge is 0.306 e. The molecule has 0 amide bonds. The average molecular weight is 148 g/mol. The summed E-state index contributed by atoms with van der Waals surface area (Å²) in [6, 6.07) is 6.06. The van der Waals surface area contributed by atoms with E-state index >= 15 is 0 Å². The Labute approximate surface area is 66.7 Å². The van der Waals surface area contributed by atoms with Gasteiger partial charge in [-0.1, -0.05) is 6.07 Å². The molecule has 1 atom stereocenters. The molecule has 1 saturated heterocycles. The van der Waals surface area contributed by atoms with Gasteiger partial charge in [0.05, 0.1) is 11.2 Å². The van der Waals surface area contributed by atoms with Gasteiger partial charge in [0.2, 0.25) is 0 Å². The Hall–Kier alpha value is -0.890. The highest BCUT2D eigenvalue weighted by molar-refractivity contribution is 5.17. The Kier molecular flexibility index (Phi) is 1.43. The van der Waals surface area contributed by atoms with Crippen molar-refractivity contribution in [1.82, 2.24) is 10.3 Å². The predicted molar refractivity (Wildman–Crippen MR) is 44.2 cm³/mol. The van der Waals surface area contributed by atoms with Crippen molar-refractivity contribution >= 4 is 0 Å². The van der Waals surface area contributed by atoms with E-state index in [2.05, 4.69) is 23.3 Å². The molecule has 1 aliphatic heterocycles. The van der Waals surface area contributed by atoms with Gasteiger partial charge in [-0.2, -0.15) is 0 Å². The molecule has 1 unspecified atom stereocenters. The van der Waals surface area contributed by atoms with E-state index < -0.39 is 0 Å². The van der Waals surface area contributed by atoms with Crippen LogP contribution in [0.4, 0.5) is 0 Å². The Balaban J connectivity index is 2.29. The molecule has 2 nitrogen and oxygen atoms in total. The minimum absolute atomic E-state index is 0.154. The monoisotopic (exact) mass is 148 g/mol. The van der Waals surface area contributed by atoms with Crippen LogP contribution in [0.5, 0.6) is 0 Å². The van der Waals surface area contributed by atoms with Gasteiger partial charge in [0.25, 0.3) is 0 Å². The molecule has 58 valence electrons. The maximum absolute atomic E-state index is 4.31. The topological polar surface area (TPSA) is 24.9 Å². The van der Waals surface area contributed by atoms with E-state index in [-0.39, 0.29) is 5.54 Å². The quantitative estimate of drug-likeness (QED) is 0.649. The molecule has 2 rings (SSSR count). The van der Waals surface area contributed by atoms with Crippen LogP contribution in [0.2, 0.25) is 0 Å². The third-order valence-corrected chi connectivity index (χ3v) is 2.37. The first kappa shape index (κ1) is 6.80. The van der Waals surface area contributed by atoms with Crippen LogP contribution >= 0.6 is 0 Å². The number of pyridine rings is 1. The lowest BCUT2D eigenvalue weighted by Gasteiger charge is -2.39. The molecular formula is C9H12N2. The van der Waals surface area contributed by atoms with E-state index in [4.69, 9.17) is 0 Å². The molecule has 1 aliphatic rings. The number of hydrogen-bond acceptors (Lipinski definition) is 2. The zero-order valence-corrected chi connectivity index (χ0v) is 6.67. The lowest BCUT2D eigenvalue weighted by atomic mass is 9.86. The van der Waals surface area contributed by atoms with Crippen LogP contribution in [-0.2, 0) is 5.54 Å². The normalized spacial score (nSPS) is 29.5. The van der Waals surface area contributed by atoms with E-state index in [0.29, 0.717) is 0 Å². The van der Waals surface area contributed by atoms with E-state index in [1.165, 1.54) is 6.42 Å². The zero-order valence-electron chi connectivity index (χ0n) is 6.67. The summed E-state index contributed by atoms with van der Waals surface area (Å²) in [5.41, 5.74) is 1.31. The van der Waals surface area contributed by atoms with Crippen LogP contribution in [0, 0.1) is 0 Å². The highest BCUT2D eigenvalue weighted by Gasteiger charge is 2.33. The van der Waals surface area contributed by atoms with E-state index in [9.17, 15) is 0 Å². The zero-order chi connectivity index (χ0) is 7.73. The Morgan fingerprint density at radius 3 is 2.82 bits per heavy atom. The smallest absolute Gasteiger partial charge is 0.0602 e. The summed E-state index contributed by atoms with van der Waals surface area (Å²) < 4.78 is 0. The molecule has 0 aromatic carbocycles. The summed E-state index contributed by atoms with van der Waals surface area (Å²) in [5, 5.41) is 3.38. The van der Waals surface area contributed by atoms with E-state index in [0.717, 1.165) is 12.2 Å². The van der Waals surface area contributed by atoms with Crippen molar-refractivity contribution in [3.63, 3.8) is 0 Å². The van der Waals surface area contributed by atoms with Gasteiger partial charge >= 0.3 is 0 Å². The fraction of sp³-hybridized carbons (Fsp3) is 0.444. The van der Waals surface area contributed by atoms with Crippen LogP contribution in [0.15, 0.2) is 24.4 Å². The van der Waals surface area contributed by atoms with E-state index in [1.54, 1.807) is 0 Å². The van der Waals surface area contributed by atoms with Crippen molar-refractivity contribution in [2.24, 2.45) is 0 Å². The van der Waals surface area contributed by atoms with Gasteiger partial charge in [0.15, 0.2) is 0 Å². The maximum Gasteiger partial charge on any atom is 0.0602 e. The average Bonchev–Trinajstić information content (AvgIpc) is 2.02. The van der Waals surface area contributed by atoms with Crippen molar-refractivity contribution < 1.29 is 0 Å². The van der Waals surface area contributed by atoms with Gasteiger partial charge in [-0.15, -0.1) is 0 Å². The molecule has 0 saturated carbocycles. The summed E-state index contributed by atoms with van der Waals surface area (Å²) in [4.78, 5) is 4.31. The number of nitrogens with zero attached hydrogens (tertiary/aromatic N) is 1. The molecule has 0 spiro atoms. The van der Waals surface area contributed by atoms with Crippen LogP contribution in [-0.4, -0.2) is 11.5 Å². The molecule has 1 fully saturated rings. The Morgan fingerprint density at radius 2 is 2.36 bits per heavy atom. The first-order valence-electron chi connectivity index (χ1n) is 3.98. The summed E-state index contributed by atoms with van der Waals surface area (Å²) in [7, 11) is 0. The minimum atomic E-state index is 0.154. The second kappa shape index (κ2) is 2.31. The van der Waals surface area contributed by atoms with Crippen molar-refractivity contribution in [1.29, 1.82) is 0 Å². The van der Waals surface area contributed by atoms with Gasteiger partial charge in [-0.25, -0.2) is 0 Å². The van der Waals surface area contributed by atoms with E-state index in [1.807, 2.05) is 18.3 Å². The maximum atomic E-state index is 4.31. The molecule has 1 N–H and O–H groups in total. The first-order chi connectivity index (χ1) is 5.31. The number of rotatable bonds is 1. The standard InChI is InChI=1S/C9H12N2/c1-9(5-7-11-9)8-4-2-3-6-10-8/h2-4,6,11H,5,7H2,1H3. The molecule has 1 aromatic rings. The molecule has 0 bridgehead atoms. The lowest BCUT2D eigenvalue weighted by molar-refractivity contribution is 0.230. The van der Waals surface area contributed by atoms with Gasteiger partial charge in [-0.3, -0.25) is 4.98 Å². The van der Waals surface area contributed by atoms with Crippen molar-refractivity contribution in [3.8, 4) is 0 Å².